The van der Waals surface area contributed by atoms with Crippen molar-refractivity contribution >= 4 is 76.0 Å². The fourth-order valence-corrected chi connectivity index (χ4v) is 5.88. The molecule has 0 aliphatic carbocycles. The zero-order valence-corrected chi connectivity index (χ0v) is 19.4. The Bertz CT molecular complexity index is 1130. The Morgan fingerprint density at radius 3 is 2.75 bits per heavy atom. The van der Waals surface area contributed by atoms with Crippen LogP contribution in [0.4, 0.5) is 5.13 Å². The molecule has 4 N–H and O–H groups in total. The van der Waals surface area contributed by atoms with E-state index in [0.717, 1.165) is 16.2 Å². The second kappa shape index (κ2) is 9.43. The monoisotopic (exact) mass is 518 g/mol. The molecule has 2 amide bonds. The molecule has 2 aliphatic heterocycles. The van der Waals surface area contributed by atoms with E-state index in [1.165, 1.54) is 33.6 Å². The molecule has 170 valence electrons. The summed E-state index contributed by atoms with van der Waals surface area (Å²) in [4.78, 5) is 53.8. The fraction of sp³-hybridized carbons (Fsp3) is 0.333. The van der Waals surface area contributed by atoms with Crippen molar-refractivity contribution in [3.8, 4) is 0 Å². The van der Waals surface area contributed by atoms with Gasteiger partial charge in [-0.05, 0) is 16.0 Å². The molecule has 0 bridgehead atoms. The van der Waals surface area contributed by atoms with Crippen molar-refractivity contribution in [3.05, 3.63) is 22.3 Å². The van der Waals surface area contributed by atoms with Gasteiger partial charge in [0.25, 0.3) is 17.6 Å². The molecule has 1 saturated heterocycles. The van der Waals surface area contributed by atoms with Crippen LogP contribution in [0.5, 0.6) is 0 Å². The number of hydrogen-bond donors (Lipinski definition) is 3. The van der Waals surface area contributed by atoms with Gasteiger partial charge in [0.1, 0.15) is 22.8 Å². The molecule has 1 fully saturated rings. The van der Waals surface area contributed by atoms with Crippen LogP contribution in [0.15, 0.2) is 21.8 Å². The van der Waals surface area contributed by atoms with Crippen molar-refractivity contribution in [2.45, 2.75) is 16.6 Å². The molecule has 13 nitrogen and oxygen atoms in total. The number of nitrogens with zero attached hydrogens (tertiary/aromatic N) is 6. The smallest absolute Gasteiger partial charge is 0.352 e. The number of ketones is 1. The number of hydrogen-bond acceptors (Lipinski definition) is 12. The number of carboxylic acids is 1. The first-order chi connectivity index (χ1) is 14.8. The van der Waals surface area contributed by atoms with Crippen molar-refractivity contribution in [1.82, 2.24) is 35.4 Å². The van der Waals surface area contributed by atoms with E-state index >= 15 is 0 Å². The summed E-state index contributed by atoms with van der Waals surface area (Å²) < 4.78 is 1.46. The maximum absolute atomic E-state index is 12.7. The van der Waals surface area contributed by atoms with Gasteiger partial charge in [-0.25, -0.2) is 14.5 Å². The predicted molar refractivity (Wildman–Crippen MR) is 117 cm³/mol. The number of β-lactam (4-membered cyclic amide) rings is 1. The third-order valence-electron chi connectivity index (χ3n) is 4.45. The number of thiazole rings is 1. The van der Waals surface area contributed by atoms with Crippen molar-refractivity contribution in [2.75, 3.05) is 17.2 Å². The van der Waals surface area contributed by atoms with E-state index in [2.05, 4.69) is 25.8 Å². The Morgan fingerprint density at radius 1 is 1.41 bits per heavy atom. The molecule has 1 unspecified atom stereocenters. The summed E-state index contributed by atoms with van der Waals surface area (Å²) in [6.07, 6.45) is 0. The number of nitrogens with one attached hydrogen (secondary N) is 1. The highest BCUT2D eigenvalue weighted by molar-refractivity contribution is 8.01. The Morgan fingerprint density at radius 2 is 2.16 bits per heavy atom. The van der Waals surface area contributed by atoms with Crippen LogP contribution in [0.2, 0.25) is 0 Å². The summed E-state index contributed by atoms with van der Waals surface area (Å²) in [6, 6.07) is -1.01. The lowest BCUT2D eigenvalue weighted by atomic mass is 10.0. The van der Waals surface area contributed by atoms with Crippen LogP contribution in [0.3, 0.4) is 0 Å². The first kappa shape index (κ1) is 24.0. The minimum absolute atomic E-state index is 0. The summed E-state index contributed by atoms with van der Waals surface area (Å²) in [7, 11) is 1.66. The number of aryl methyl sites for hydroxylation is 1. The Labute approximate surface area is 198 Å². The van der Waals surface area contributed by atoms with Crippen molar-refractivity contribution < 1.29 is 24.3 Å². The van der Waals surface area contributed by atoms with Crippen LogP contribution >= 0.6 is 47.3 Å². The molecule has 0 aromatic carbocycles. The molecule has 2 aliphatic rings. The maximum Gasteiger partial charge on any atom is 0.352 e. The number of aromatic nitrogens is 5. The number of amides is 2. The summed E-state index contributed by atoms with van der Waals surface area (Å²) in [5, 5.41) is 24.5. The Kier molecular flexibility index (Phi) is 7.06. The Hall–Kier alpha value is -2.69. The number of halogens is 1. The molecular weight excluding hydrogens is 504 g/mol. The zero-order chi connectivity index (χ0) is 22.3. The number of anilines is 1. The third-order valence-corrected chi connectivity index (χ3v) is 7.56. The summed E-state index contributed by atoms with van der Waals surface area (Å²) in [5.74, 6) is -3.15. The van der Waals surface area contributed by atoms with Crippen LogP contribution in [0, 0.1) is 0 Å². The summed E-state index contributed by atoms with van der Waals surface area (Å²) >= 11 is 3.57. The molecule has 4 heterocycles. The average Bonchev–Trinajstić information content (AvgIpc) is 3.36. The number of Topliss-reactive ketones (excluding diaryl/α,β-unsaturated/α-hetero) is 1. The number of fused-ring (bicyclic) bond motifs is 1. The van der Waals surface area contributed by atoms with E-state index < -0.39 is 35.0 Å². The molecule has 2 aromatic rings. The minimum atomic E-state index is -1.25. The quantitative estimate of drug-likeness (QED) is 0.183. The number of aliphatic carboxylic acids is 1. The van der Waals surface area contributed by atoms with Crippen molar-refractivity contribution in [3.63, 3.8) is 0 Å². The number of carbonyl (C=O) groups excluding carboxylic acids is 3. The van der Waals surface area contributed by atoms with Crippen LogP contribution in [0.25, 0.3) is 0 Å². The molecular formula is C15H15ClN8O5S3. The highest BCUT2D eigenvalue weighted by atomic mass is 35.5. The lowest BCUT2D eigenvalue weighted by Gasteiger charge is -2.49. The van der Waals surface area contributed by atoms with Gasteiger partial charge in [-0.2, -0.15) is 0 Å². The minimum Gasteiger partial charge on any atom is -0.477 e. The van der Waals surface area contributed by atoms with Crippen LogP contribution in [-0.2, 0) is 21.4 Å². The topological polar surface area (TPSA) is 186 Å². The van der Waals surface area contributed by atoms with E-state index in [4.69, 9.17) is 5.73 Å². The van der Waals surface area contributed by atoms with E-state index in [0.29, 0.717) is 16.5 Å². The van der Waals surface area contributed by atoms with E-state index in [9.17, 15) is 24.3 Å². The van der Waals surface area contributed by atoms with Gasteiger partial charge in [0, 0.05) is 23.9 Å². The lowest BCUT2D eigenvalue weighted by Crippen LogP contribution is -2.71. The summed E-state index contributed by atoms with van der Waals surface area (Å²) in [6.45, 7) is 0. The molecule has 0 radical (unpaired) electrons. The second-order valence-electron chi connectivity index (χ2n) is 6.39. The molecule has 0 spiro atoms. The second-order valence-corrected chi connectivity index (χ2v) is 9.33. The molecule has 2 aromatic heterocycles. The zero-order valence-electron chi connectivity index (χ0n) is 16.1. The first-order valence-electron chi connectivity index (χ1n) is 8.59. The number of nitrogen functional groups attached to an aromatic ring is 1. The highest BCUT2D eigenvalue weighted by Crippen LogP contribution is 2.41. The molecule has 32 heavy (non-hydrogen) atoms. The largest absolute Gasteiger partial charge is 0.477 e. The van der Waals surface area contributed by atoms with E-state index in [1.54, 1.807) is 7.05 Å². The van der Waals surface area contributed by atoms with Gasteiger partial charge >= 0.3 is 5.97 Å². The number of rotatable bonds is 7. The highest BCUT2D eigenvalue weighted by Gasteiger charge is 2.54. The van der Waals surface area contributed by atoms with Crippen LogP contribution in [-0.4, -0.2) is 81.7 Å². The van der Waals surface area contributed by atoms with Gasteiger partial charge in [-0.15, -0.1) is 40.6 Å². The van der Waals surface area contributed by atoms with Crippen LogP contribution < -0.4 is 11.1 Å². The van der Waals surface area contributed by atoms with Gasteiger partial charge in [0.2, 0.25) is 5.16 Å². The van der Waals surface area contributed by atoms with Gasteiger partial charge < -0.3 is 16.2 Å². The average molecular weight is 519 g/mol. The first-order valence-corrected chi connectivity index (χ1v) is 11.5. The SMILES string of the molecule is Cl.Cn1nnnc1SCC1=C(C(=O)O)N2C(=O)C(NC(=O)C(=O)c3csc(N)n3)[C@@H]2SC1. The summed E-state index contributed by atoms with van der Waals surface area (Å²) in [5.41, 5.74) is 5.77. The van der Waals surface area contributed by atoms with Crippen LogP contribution in [0.1, 0.15) is 10.5 Å². The number of nitrogens with two attached hydrogens (primary N) is 1. The molecule has 2 atom stereocenters. The van der Waals surface area contributed by atoms with E-state index in [-0.39, 0.29) is 34.7 Å². The van der Waals surface area contributed by atoms with E-state index in [1.807, 2.05) is 0 Å². The van der Waals surface area contributed by atoms with Gasteiger partial charge in [0.15, 0.2) is 5.13 Å². The van der Waals surface area contributed by atoms with Gasteiger partial charge in [0.05, 0.1) is 0 Å². The predicted octanol–water partition coefficient (Wildman–Crippen LogP) is -0.616. The molecule has 4 rings (SSSR count). The normalized spacial score (nSPS) is 19.7. The number of tetrazole rings is 1. The fourth-order valence-electron chi connectivity index (χ4n) is 3.00. The lowest BCUT2D eigenvalue weighted by molar-refractivity contribution is -0.150. The number of thioether (sulfide) groups is 2. The van der Waals surface area contributed by atoms with Crippen molar-refractivity contribution in [1.29, 1.82) is 0 Å². The maximum atomic E-state index is 12.7. The number of carboxylic acid groups (broad SMARTS) is 1. The number of carbonyl (C=O) groups is 4. The van der Waals surface area contributed by atoms with Gasteiger partial charge in [-0.1, -0.05) is 11.8 Å². The van der Waals surface area contributed by atoms with Crippen molar-refractivity contribution in [2.24, 2.45) is 7.05 Å². The molecule has 0 saturated carbocycles. The third kappa shape index (κ3) is 4.30. The Balaban J connectivity index is 0.00000289. The van der Waals surface area contributed by atoms with Gasteiger partial charge in [-0.3, -0.25) is 19.3 Å². The standard InChI is InChI=1S/C15H14N8O5S3.ClH/c1-22-15(19-20-21-22)31-3-5-2-29-12-7(11(26)23(12)8(5)13(27)28)18-10(25)9(24)6-4-30-14(16)17-6;/h4,7,12H,2-3H2,1H3,(H2,16,17)(H,18,25)(H,27,28);1H/t7?,12-;/m0./s1. The molecule has 17 heteroatoms.